The summed E-state index contributed by atoms with van der Waals surface area (Å²) in [6.07, 6.45) is 9.11. The van der Waals surface area contributed by atoms with E-state index in [0.717, 1.165) is 122 Å². The molecule has 2 saturated carbocycles. The normalized spacial score (nSPS) is 28.1. The number of fused-ring (bicyclic) bond motifs is 7. The molecule has 0 radical (unpaired) electrons. The van der Waals surface area contributed by atoms with E-state index in [1.807, 2.05) is 30.3 Å². The van der Waals surface area contributed by atoms with Crippen molar-refractivity contribution in [3.8, 4) is 22.5 Å². The number of likely N-dealkylation sites (N-methyl/N-ethyl adjacent to an activating group) is 1. The van der Waals surface area contributed by atoms with E-state index in [4.69, 9.17) is 24.2 Å². The van der Waals surface area contributed by atoms with Gasteiger partial charge in [-0.3, -0.25) is 44.2 Å². The van der Waals surface area contributed by atoms with Crippen LogP contribution < -0.4 is 21.0 Å². The molecule has 8 aliphatic rings. The molecular weight excluding hydrogens is 1050 g/mol. The predicted molar refractivity (Wildman–Crippen MR) is 309 cm³/mol. The molecule has 2 aliphatic carbocycles. The van der Waals surface area contributed by atoms with Gasteiger partial charge >= 0.3 is 5.97 Å². The number of rotatable bonds is 12. The summed E-state index contributed by atoms with van der Waals surface area (Å²) in [6.45, 7) is 17.6. The summed E-state index contributed by atoms with van der Waals surface area (Å²) in [6, 6.07) is 6.51. The smallest absolute Gasteiger partial charge is 0.324 e. The molecule has 3 aromatic heterocycles. The molecular formula is C61H83N11O8S. The zero-order valence-corrected chi connectivity index (χ0v) is 49.2. The van der Waals surface area contributed by atoms with E-state index in [-0.39, 0.29) is 60.8 Å². The third-order valence-electron chi connectivity index (χ3n) is 19.2. The van der Waals surface area contributed by atoms with Crippen LogP contribution in [-0.4, -0.2) is 180 Å². The quantitative estimate of drug-likeness (QED) is 0.117. The first-order valence-corrected chi connectivity index (χ1v) is 31.0. The Morgan fingerprint density at radius 2 is 1.83 bits per heavy atom. The number of aryl methyl sites for hydroxylation is 1. The van der Waals surface area contributed by atoms with Crippen LogP contribution in [-0.2, 0) is 57.6 Å². The summed E-state index contributed by atoms with van der Waals surface area (Å²) < 4.78 is 20.7. The Bertz CT molecular complexity index is 3040. The van der Waals surface area contributed by atoms with Crippen molar-refractivity contribution in [2.24, 2.45) is 29.1 Å². The summed E-state index contributed by atoms with van der Waals surface area (Å²) in [5.74, 6) is -1.37. The van der Waals surface area contributed by atoms with Gasteiger partial charge in [0.05, 0.1) is 71.9 Å². The van der Waals surface area contributed by atoms with Gasteiger partial charge in [0.25, 0.3) is 5.91 Å². The van der Waals surface area contributed by atoms with Crippen molar-refractivity contribution in [3.63, 3.8) is 0 Å². The maximum Gasteiger partial charge on any atom is 0.324 e. The van der Waals surface area contributed by atoms with Crippen LogP contribution in [0.25, 0.3) is 33.4 Å². The number of piperazine rings is 1. The molecule has 12 rings (SSSR count). The summed E-state index contributed by atoms with van der Waals surface area (Å²) in [5, 5.41) is 11.8. The molecule has 0 spiro atoms. The minimum atomic E-state index is -1.07. The number of esters is 1. The zero-order chi connectivity index (χ0) is 56.4. The van der Waals surface area contributed by atoms with Crippen molar-refractivity contribution < 1.29 is 38.2 Å². The number of nitrogens with one attached hydrogen (secondary N) is 3. The van der Waals surface area contributed by atoms with Crippen molar-refractivity contribution in [2.45, 2.75) is 148 Å². The Hall–Kier alpha value is -5.51. The number of nitrogens with zero attached hydrogens (tertiary/aromatic N) is 8. The molecule has 20 heteroatoms. The second-order valence-electron chi connectivity index (χ2n) is 25.4. The van der Waals surface area contributed by atoms with Gasteiger partial charge < -0.3 is 38.8 Å². The molecule has 9 heterocycles. The number of hydrogen-bond acceptors (Lipinski definition) is 15. The lowest BCUT2D eigenvalue weighted by Crippen LogP contribution is -2.62. The molecule has 19 nitrogen and oxygen atoms in total. The molecule has 4 aromatic rings. The van der Waals surface area contributed by atoms with Gasteiger partial charge in [-0.05, 0) is 100 Å². The average molecular weight is 1130 g/mol. The number of benzene rings is 1. The number of hydrazine groups is 1. The highest BCUT2D eigenvalue weighted by molar-refractivity contribution is 7.10. The summed E-state index contributed by atoms with van der Waals surface area (Å²) in [5.41, 5.74) is 10.5. The number of pyridine rings is 1. The van der Waals surface area contributed by atoms with Crippen LogP contribution in [0.4, 0.5) is 5.69 Å². The molecule has 3 N–H and O–H groups in total. The molecule has 5 saturated heterocycles. The lowest BCUT2D eigenvalue weighted by atomic mass is 9.84. The fraction of sp³-hybridized carbons (Fsp3) is 0.656. The molecule has 81 heavy (non-hydrogen) atoms. The van der Waals surface area contributed by atoms with Crippen LogP contribution in [0.5, 0.6) is 0 Å². The largest absolute Gasteiger partial charge is 0.464 e. The van der Waals surface area contributed by atoms with E-state index >= 15 is 9.59 Å². The van der Waals surface area contributed by atoms with Crippen molar-refractivity contribution in [1.82, 2.24) is 50.3 Å². The highest BCUT2D eigenvalue weighted by Gasteiger charge is 2.54. The van der Waals surface area contributed by atoms with Gasteiger partial charge in [0.1, 0.15) is 24.2 Å². The van der Waals surface area contributed by atoms with E-state index < -0.39 is 41.3 Å². The topological polar surface area (TPSA) is 206 Å². The van der Waals surface area contributed by atoms with Crippen LogP contribution in [0.2, 0.25) is 0 Å². The molecule has 4 amide bonds. The van der Waals surface area contributed by atoms with Crippen LogP contribution in [0.15, 0.2) is 35.8 Å². The van der Waals surface area contributed by atoms with Gasteiger partial charge in [0.15, 0.2) is 0 Å². The van der Waals surface area contributed by atoms with Gasteiger partial charge in [-0.2, -0.15) is 0 Å². The number of thiazole rings is 1. The van der Waals surface area contributed by atoms with Gasteiger partial charge in [-0.15, -0.1) is 11.3 Å². The Labute approximate surface area is 480 Å². The second kappa shape index (κ2) is 22.9. The monoisotopic (exact) mass is 1130 g/mol. The zero-order valence-electron chi connectivity index (χ0n) is 48.4. The first kappa shape index (κ1) is 56.0. The lowest BCUT2D eigenvalue weighted by Gasteiger charge is -2.44. The number of methoxy groups -OCH3 is 1. The van der Waals surface area contributed by atoms with Gasteiger partial charge in [0.2, 0.25) is 17.7 Å². The fourth-order valence-corrected chi connectivity index (χ4v) is 15.1. The van der Waals surface area contributed by atoms with Gasteiger partial charge in [0, 0.05) is 112 Å². The molecule has 0 unspecified atom stereocenters. The van der Waals surface area contributed by atoms with E-state index in [1.54, 1.807) is 19.1 Å². The second-order valence-corrected chi connectivity index (χ2v) is 26.4. The van der Waals surface area contributed by atoms with E-state index in [9.17, 15) is 14.4 Å². The first-order valence-electron chi connectivity index (χ1n) is 30.1. The third-order valence-corrected chi connectivity index (χ3v) is 20.0. The number of likely N-dealkylation sites (tertiary alicyclic amines) is 1. The Kier molecular flexibility index (Phi) is 15.8. The number of hydrogen-bond donors (Lipinski definition) is 3. The van der Waals surface area contributed by atoms with E-state index in [1.165, 1.54) is 16.3 Å². The Balaban J connectivity index is 0.875. The van der Waals surface area contributed by atoms with Crippen molar-refractivity contribution >= 4 is 57.5 Å². The van der Waals surface area contributed by atoms with E-state index in [0.29, 0.717) is 69.0 Å². The van der Waals surface area contributed by atoms with E-state index in [2.05, 4.69) is 75.5 Å². The number of ether oxygens (including phenoxy) is 3. The van der Waals surface area contributed by atoms with Crippen molar-refractivity contribution in [1.29, 1.82) is 0 Å². The molecule has 7 fully saturated rings. The number of morpholine rings is 1. The Morgan fingerprint density at radius 1 is 1.01 bits per heavy atom. The number of carbonyl (C=O) groups excluding carboxylic acids is 5. The summed E-state index contributed by atoms with van der Waals surface area (Å²) >= 11 is 1.44. The number of amides is 4. The average Bonchev–Trinajstić information content (AvgIpc) is 4.41. The molecule has 6 bridgehead atoms. The SMILES string of the molecule is CCn1c(-c2cc(N3CCN4CCOC[C@@H]4C3)cnc2[C@H](C)OC)c2c3cc(ccc31)-c1csc(n1)C[C@H](NC(=O)[C@H](C1CCCC1)N(C)C(=O)[C@H]1CN(C(=O)[C@@H]3N[C@@H]3C3CC3)C[C@H]1C)C(=O)N1CCC[C@H](N1)C(=O)OCC(C)(C)C2. The highest BCUT2D eigenvalue weighted by Crippen LogP contribution is 2.44. The summed E-state index contributed by atoms with van der Waals surface area (Å²) in [4.78, 5) is 91.6. The minimum Gasteiger partial charge on any atom is -0.464 e. The minimum absolute atomic E-state index is 0.0683. The van der Waals surface area contributed by atoms with Crippen molar-refractivity contribution in [2.75, 3.05) is 84.7 Å². The number of cyclic esters (lactones) is 1. The molecule has 9 atom stereocenters. The molecule has 6 aliphatic heterocycles. The molecule has 436 valence electrons. The summed E-state index contributed by atoms with van der Waals surface area (Å²) in [7, 11) is 3.44. The van der Waals surface area contributed by atoms with Crippen LogP contribution in [0.3, 0.4) is 0 Å². The van der Waals surface area contributed by atoms with Crippen LogP contribution in [0.1, 0.15) is 108 Å². The first-order chi connectivity index (χ1) is 39.1. The predicted octanol–water partition coefficient (Wildman–Crippen LogP) is 5.59. The fourth-order valence-electron chi connectivity index (χ4n) is 14.3. The molecule has 1 aromatic carbocycles. The maximum absolute atomic E-state index is 15.1. The lowest BCUT2D eigenvalue weighted by molar-refractivity contribution is -0.155. The third kappa shape index (κ3) is 11.3. The Morgan fingerprint density at radius 3 is 2.60 bits per heavy atom. The van der Waals surface area contributed by atoms with Gasteiger partial charge in [-0.1, -0.05) is 39.7 Å². The number of aromatic nitrogens is 3. The highest BCUT2D eigenvalue weighted by atomic mass is 32.1. The number of anilines is 1. The van der Waals surface area contributed by atoms with Gasteiger partial charge in [-0.25, -0.2) is 10.4 Å². The van der Waals surface area contributed by atoms with Crippen molar-refractivity contribution in [3.05, 3.63) is 52.1 Å². The van der Waals surface area contributed by atoms with Crippen LogP contribution >= 0.6 is 11.3 Å². The maximum atomic E-state index is 15.1. The number of carbonyl (C=O) groups is 5. The van der Waals surface area contributed by atoms with Crippen LogP contribution in [0, 0.1) is 29.1 Å². The standard InChI is InChI=1S/C61H83N11O8S/c1-8-71-49-18-17-39-24-42(49)44(55(71)43-25-40(28-62-51(43)36(3)78-7)69-21-20-68-22-23-79-32-41(68)30-69)27-61(4,5)34-80-60(77)46-14-11-19-72(66-46)58(75)47(26-50-63-48(39)33-81-50)64-56(73)54(38-12-9-10-13-38)67(6)57(74)45-31-70(29-35(45)2)59(76)53-52(65-53)37-15-16-37/h17-18,24-25,28,33,35-38,41,45-47,52-54,65-66H,8-16,19-23,26-27,29-32,34H2,1-7H3,(H,64,73)/t35-,36+,41+,45+,46+,47+,52-,53-,54+/m1/s1.